The van der Waals surface area contributed by atoms with Gasteiger partial charge in [-0.15, -0.1) is 0 Å². The van der Waals surface area contributed by atoms with E-state index in [1.807, 2.05) is 24.3 Å². The summed E-state index contributed by atoms with van der Waals surface area (Å²) in [5.74, 6) is 2.97. The monoisotopic (exact) mass is 610 g/mol. The second-order valence-electron chi connectivity index (χ2n) is 7.62. The van der Waals surface area contributed by atoms with E-state index in [9.17, 15) is 4.79 Å². The summed E-state index contributed by atoms with van der Waals surface area (Å²) in [4.78, 5) is 13.5. The minimum atomic E-state index is -0.0162. The van der Waals surface area contributed by atoms with Crippen molar-refractivity contribution >= 4 is 49.8 Å². The number of Topliss-reactive ketones (excluding diaryl/α,β-unsaturated/α-hetero) is 1. The average Bonchev–Trinajstić information content (AvgIpc) is 2.87. The molecule has 7 nitrogen and oxygen atoms in total. The number of carbonyl (C=O) groups is 1. The summed E-state index contributed by atoms with van der Waals surface area (Å²) < 4.78 is 34.3. The van der Waals surface area contributed by atoms with Gasteiger partial charge in [-0.25, -0.2) is 0 Å². The van der Waals surface area contributed by atoms with E-state index in [4.69, 9.17) is 28.4 Å². The first-order valence-electron chi connectivity index (χ1n) is 10.8. The van der Waals surface area contributed by atoms with Crippen molar-refractivity contribution in [2.24, 2.45) is 0 Å². The van der Waals surface area contributed by atoms with Crippen molar-refractivity contribution in [3.8, 4) is 34.5 Å². The van der Waals surface area contributed by atoms with E-state index in [1.165, 1.54) is 0 Å². The smallest absolute Gasteiger partial charge is 0.204 e. The molecule has 0 atom stereocenters. The molecule has 1 saturated carbocycles. The summed E-state index contributed by atoms with van der Waals surface area (Å²) in [5.41, 5.74) is 2.92. The highest BCUT2D eigenvalue weighted by Gasteiger charge is 2.25. The lowest BCUT2D eigenvalue weighted by Gasteiger charge is -2.20. The van der Waals surface area contributed by atoms with Gasteiger partial charge < -0.3 is 28.4 Å². The van der Waals surface area contributed by atoms with Crippen molar-refractivity contribution in [2.75, 3.05) is 42.7 Å². The Labute approximate surface area is 222 Å². The Morgan fingerprint density at radius 2 is 1.00 bits per heavy atom. The van der Waals surface area contributed by atoms with Gasteiger partial charge >= 0.3 is 0 Å². The molecule has 0 bridgehead atoms. The van der Waals surface area contributed by atoms with Crippen LogP contribution in [0.4, 0.5) is 0 Å². The summed E-state index contributed by atoms with van der Waals surface area (Å²) in [6.07, 6.45) is 5.90. The van der Waals surface area contributed by atoms with E-state index < -0.39 is 0 Å². The first-order valence-corrected chi connectivity index (χ1v) is 12.4. The molecule has 0 heterocycles. The van der Waals surface area contributed by atoms with Gasteiger partial charge in [-0.05, 0) is 86.5 Å². The van der Waals surface area contributed by atoms with Gasteiger partial charge in [0.15, 0.2) is 28.8 Å². The van der Waals surface area contributed by atoms with E-state index >= 15 is 0 Å². The number of ether oxygens (including phenoxy) is 6. The van der Waals surface area contributed by atoms with Crippen molar-refractivity contribution in [1.29, 1.82) is 0 Å². The van der Waals surface area contributed by atoms with Gasteiger partial charge in [-0.3, -0.25) is 4.79 Å². The second-order valence-corrected chi connectivity index (χ2v) is 9.20. The van der Waals surface area contributed by atoms with Gasteiger partial charge in [0.1, 0.15) is 0 Å². The number of hydrogen-bond acceptors (Lipinski definition) is 7. The highest BCUT2D eigenvalue weighted by molar-refractivity contribution is 9.11. The molecular formula is C26H28Br2O7. The van der Waals surface area contributed by atoms with E-state index in [1.54, 1.807) is 42.7 Å². The quantitative estimate of drug-likeness (QED) is 0.316. The Kier molecular flexibility index (Phi) is 9.13. The lowest BCUT2D eigenvalue weighted by molar-refractivity contribution is -0.112. The Balaban J connectivity index is 2.07. The van der Waals surface area contributed by atoms with Crippen molar-refractivity contribution < 1.29 is 33.2 Å². The fourth-order valence-corrected chi connectivity index (χ4v) is 5.19. The Morgan fingerprint density at radius 1 is 0.629 bits per heavy atom. The molecule has 35 heavy (non-hydrogen) atoms. The molecule has 1 aliphatic rings. The van der Waals surface area contributed by atoms with Gasteiger partial charge in [0, 0.05) is 11.1 Å². The largest absolute Gasteiger partial charge is 0.493 e. The molecule has 3 rings (SSSR count). The van der Waals surface area contributed by atoms with Crippen LogP contribution in [0.3, 0.4) is 0 Å². The van der Waals surface area contributed by atoms with E-state index in [-0.39, 0.29) is 5.78 Å². The number of hydrogen-bond donors (Lipinski definition) is 0. The van der Waals surface area contributed by atoms with Gasteiger partial charge in [0.25, 0.3) is 0 Å². The molecule has 0 spiro atoms. The summed E-state index contributed by atoms with van der Waals surface area (Å²) in [5, 5.41) is 0. The first-order chi connectivity index (χ1) is 16.8. The highest BCUT2D eigenvalue weighted by atomic mass is 79.9. The number of halogens is 2. The molecule has 2 aromatic rings. The molecule has 1 fully saturated rings. The molecule has 0 unspecified atom stereocenters. The van der Waals surface area contributed by atoms with Crippen molar-refractivity contribution in [3.05, 3.63) is 43.4 Å². The minimum Gasteiger partial charge on any atom is -0.493 e. The molecule has 0 N–H and O–H groups in total. The summed E-state index contributed by atoms with van der Waals surface area (Å²) >= 11 is 7.18. The topological polar surface area (TPSA) is 72.5 Å². The lowest BCUT2D eigenvalue weighted by atomic mass is 9.86. The zero-order valence-electron chi connectivity index (χ0n) is 20.5. The molecule has 1 aliphatic carbocycles. The van der Waals surface area contributed by atoms with Gasteiger partial charge in [0.05, 0.1) is 51.6 Å². The highest BCUT2D eigenvalue weighted by Crippen LogP contribution is 2.47. The molecule has 0 radical (unpaired) electrons. The predicted octanol–water partition coefficient (Wildman–Crippen LogP) is 6.48. The van der Waals surface area contributed by atoms with Crippen LogP contribution in [-0.2, 0) is 4.79 Å². The van der Waals surface area contributed by atoms with Crippen LogP contribution in [0.5, 0.6) is 34.5 Å². The van der Waals surface area contributed by atoms with Crippen LogP contribution in [-0.4, -0.2) is 48.4 Å². The third-order valence-corrected chi connectivity index (χ3v) is 7.37. The van der Waals surface area contributed by atoms with Crippen LogP contribution >= 0.6 is 31.9 Å². The standard InChI is InChI=1S/C26H28Br2O7/c1-30-18-12-16(20(27)25(34-5)23(18)32-3)10-14-8-7-9-15(22(14)29)11-17-13-19(31-2)24(33-4)26(35-6)21(17)28/h10-13H,7-9H2,1-6H3. The van der Waals surface area contributed by atoms with Gasteiger partial charge in [0.2, 0.25) is 11.5 Å². The van der Waals surface area contributed by atoms with E-state index in [2.05, 4.69) is 31.9 Å². The third-order valence-electron chi connectivity index (χ3n) is 5.73. The fraction of sp³-hybridized carbons (Fsp3) is 0.346. The van der Waals surface area contributed by atoms with Crippen molar-refractivity contribution in [1.82, 2.24) is 0 Å². The maximum absolute atomic E-state index is 13.5. The molecule has 188 valence electrons. The number of ketones is 1. The van der Waals surface area contributed by atoms with Crippen LogP contribution in [0.25, 0.3) is 12.2 Å². The van der Waals surface area contributed by atoms with Crippen molar-refractivity contribution in [3.63, 3.8) is 0 Å². The van der Waals surface area contributed by atoms with Crippen LogP contribution < -0.4 is 28.4 Å². The molecule has 9 heteroatoms. The molecule has 2 aromatic carbocycles. The molecule has 0 amide bonds. The number of rotatable bonds is 8. The maximum atomic E-state index is 13.5. The zero-order chi connectivity index (χ0) is 25.7. The van der Waals surface area contributed by atoms with Crippen LogP contribution in [0.1, 0.15) is 30.4 Å². The average molecular weight is 612 g/mol. The van der Waals surface area contributed by atoms with Crippen molar-refractivity contribution in [2.45, 2.75) is 19.3 Å². The first kappa shape index (κ1) is 26.9. The molecule has 0 saturated heterocycles. The number of carbonyl (C=O) groups excluding carboxylic acids is 1. The van der Waals surface area contributed by atoms with Crippen LogP contribution in [0.15, 0.2) is 32.2 Å². The van der Waals surface area contributed by atoms with E-state index in [0.29, 0.717) is 67.4 Å². The third kappa shape index (κ3) is 5.30. The SMILES string of the molecule is COc1cc(C=C2CCCC(=Cc3cc(OC)c(OC)c(OC)c3Br)C2=O)c(Br)c(OC)c1OC. The Hall–Kier alpha value is -2.65. The zero-order valence-corrected chi connectivity index (χ0v) is 23.7. The summed E-state index contributed by atoms with van der Waals surface area (Å²) in [6, 6.07) is 3.64. The number of methoxy groups -OCH3 is 6. The molecular weight excluding hydrogens is 584 g/mol. The maximum Gasteiger partial charge on any atom is 0.204 e. The number of benzene rings is 2. The normalized spacial score (nSPS) is 15.8. The molecule has 0 aliphatic heterocycles. The summed E-state index contributed by atoms with van der Waals surface area (Å²) in [6.45, 7) is 0. The Morgan fingerprint density at radius 3 is 1.31 bits per heavy atom. The van der Waals surface area contributed by atoms with Crippen LogP contribution in [0.2, 0.25) is 0 Å². The molecule has 0 aromatic heterocycles. The Bertz CT molecular complexity index is 1100. The van der Waals surface area contributed by atoms with Gasteiger partial charge in [-0.2, -0.15) is 0 Å². The fourth-order valence-electron chi connectivity index (χ4n) is 4.04. The number of allylic oxidation sites excluding steroid dienone is 2. The van der Waals surface area contributed by atoms with Gasteiger partial charge in [-0.1, -0.05) is 0 Å². The lowest BCUT2D eigenvalue weighted by Crippen LogP contribution is -2.12. The summed E-state index contributed by atoms with van der Waals surface area (Å²) in [7, 11) is 9.33. The minimum absolute atomic E-state index is 0.0162. The second kappa shape index (κ2) is 11.9. The van der Waals surface area contributed by atoms with Crippen LogP contribution in [0, 0.1) is 0 Å². The predicted molar refractivity (Wildman–Crippen MR) is 142 cm³/mol. The van der Waals surface area contributed by atoms with E-state index in [0.717, 1.165) is 17.5 Å².